The lowest BCUT2D eigenvalue weighted by molar-refractivity contribution is 0.346. The van der Waals surface area contributed by atoms with Gasteiger partial charge >= 0.3 is 0 Å². The monoisotopic (exact) mass is 506 g/mol. The highest BCUT2D eigenvalue weighted by Crippen LogP contribution is 2.27. The summed E-state index contributed by atoms with van der Waals surface area (Å²) in [5.74, 6) is 1.57. The largest absolute Gasteiger partial charge is 0.357 e. The zero-order valence-corrected chi connectivity index (χ0v) is 19.1. The quantitative estimate of drug-likeness (QED) is 0.339. The van der Waals surface area contributed by atoms with Crippen molar-refractivity contribution in [3.63, 3.8) is 0 Å². The Labute approximate surface area is 180 Å². The van der Waals surface area contributed by atoms with E-state index in [0.717, 1.165) is 49.8 Å². The van der Waals surface area contributed by atoms with Gasteiger partial charge in [0.1, 0.15) is 0 Å². The second-order valence-corrected chi connectivity index (χ2v) is 9.07. The highest BCUT2D eigenvalue weighted by atomic mass is 127. The molecular weight excluding hydrogens is 475 g/mol. The molecule has 1 heterocycles. The summed E-state index contributed by atoms with van der Waals surface area (Å²) in [6, 6.07) is 7.20. The molecule has 2 fully saturated rings. The van der Waals surface area contributed by atoms with Crippen LogP contribution < -0.4 is 10.6 Å². The van der Waals surface area contributed by atoms with E-state index in [-0.39, 0.29) is 24.0 Å². The number of nitrogens with zero attached hydrogens (tertiary/aromatic N) is 2. The van der Waals surface area contributed by atoms with Crippen molar-refractivity contribution >= 4 is 40.0 Å². The van der Waals surface area contributed by atoms with Gasteiger partial charge in [0.05, 0.1) is 11.4 Å². The molecule has 1 saturated carbocycles. The standard InChI is InChI=1S/C19H30N4O2S.HI/c1-2-20-19(21-14-16-9-10-16)22-15-17-7-6-8-18(13-17)26(24,25)23-11-4-3-5-12-23;/h6-8,13,16H,2-5,9-12,14-15H2,1H3,(H2,20,21,22);1H. The average Bonchev–Trinajstić information content (AvgIpc) is 3.49. The number of halogens is 1. The van der Waals surface area contributed by atoms with Crippen LogP contribution in [0.3, 0.4) is 0 Å². The number of sulfonamides is 1. The first kappa shape index (κ1) is 22.4. The normalized spacial score (nSPS) is 18.6. The van der Waals surface area contributed by atoms with Crippen LogP contribution in [0.1, 0.15) is 44.6 Å². The minimum Gasteiger partial charge on any atom is -0.357 e. The summed E-state index contributed by atoms with van der Waals surface area (Å²) in [7, 11) is -3.39. The Morgan fingerprint density at radius 2 is 1.93 bits per heavy atom. The van der Waals surface area contributed by atoms with E-state index in [0.29, 0.717) is 24.5 Å². The molecule has 0 unspecified atom stereocenters. The minimum atomic E-state index is -3.39. The summed E-state index contributed by atoms with van der Waals surface area (Å²) in [5, 5.41) is 6.61. The molecular formula is C19H31IN4O2S. The predicted octanol–water partition coefficient (Wildman–Crippen LogP) is 2.94. The minimum absolute atomic E-state index is 0. The lowest BCUT2D eigenvalue weighted by atomic mass is 10.2. The highest BCUT2D eigenvalue weighted by molar-refractivity contribution is 14.0. The van der Waals surface area contributed by atoms with Gasteiger partial charge in [-0.1, -0.05) is 18.6 Å². The van der Waals surface area contributed by atoms with Gasteiger partial charge in [0.15, 0.2) is 5.96 Å². The molecule has 1 aromatic rings. The summed E-state index contributed by atoms with van der Waals surface area (Å²) in [6.45, 7) is 5.51. The van der Waals surface area contributed by atoms with Gasteiger partial charge in [0.2, 0.25) is 10.0 Å². The maximum Gasteiger partial charge on any atom is 0.243 e. The number of guanidine groups is 1. The van der Waals surface area contributed by atoms with Crippen LogP contribution in [-0.4, -0.2) is 44.9 Å². The van der Waals surface area contributed by atoms with E-state index in [2.05, 4.69) is 15.6 Å². The van der Waals surface area contributed by atoms with Gasteiger partial charge in [0.25, 0.3) is 0 Å². The van der Waals surface area contributed by atoms with Crippen LogP contribution in [0, 0.1) is 5.92 Å². The van der Waals surface area contributed by atoms with Gasteiger partial charge in [-0.25, -0.2) is 13.4 Å². The van der Waals surface area contributed by atoms with Crippen molar-refractivity contribution in [2.75, 3.05) is 26.2 Å². The zero-order chi connectivity index (χ0) is 18.4. The van der Waals surface area contributed by atoms with Crippen LogP contribution in [0.5, 0.6) is 0 Å². The van der Waals surface area contributed by atoms with E-state index in [9.17, 15) is 8.42 Å². The molecule has 0 amide bonds. The number of aliphatic imine (C=N–C) groups is 1. The van der Waals surface area contributed by atoms with Crippen molar-refractivity contribution in [3.8, 4) is 0 Å². The van der Waals surface area contributed by atoms with Gasteiger partial charge in [-0.15, -0.1) is 24.0 Å². The summed E-state index contributed by atoms with van der Waals surface area (Å²) in [5.41, 5.74) is 0.909. The maximum atomic E-state index is 12.8. The molecule has 6 nitrogen and oxygen atoms in total. The number of rotatable bonds is 7. The van der Waals surface area contributed by atoms with Crippen molar-refractivity contribution in [1.29, 1.82) is 0 Å². The molecule has 3 rings (SSSR count). The predicted molar refractivity (Wildman–Crippen MR) is 120 cm³/mol. The number of piperidine rings is 1. The van der Waals surface area contributed by atoms with Crippen LogP contribution in [0.2, 0.25) is 0 Å². The van der Waals surface area contributed by atoms with Gasteiger partial charge in [-0.3, -0.25) is 0 Å². The lowest BCUT2D eigenvalue weighted by Gasteiger charge is -2.26. The van der Waals surface area contributed by atoms with Gasteiger partial charge in [0, 0.05) is 26.2 Å². The Kier molecular flexibility index (Phi) is 8.81. The van der Waals surface area contributed by atoms with E-state index in [4.69, 9.17) is 0 Å². The topological polar surface area (TPSA) is 73.8 Å². The maximum absolute atomic E-state index is 12.8. The fourth-order valence-corrected chi connectivity index (χ4v) is 4.72. The van der Waals surface area contributed by atoms with Crippen molar-refractivity contribution in [2.45, 2.75) is 50.5 Å². The van der Waals surface area contributed by atoms with Crippen LogP contribution in [0.25, 0.3) is 0 Å². The Bertz CT molecular complexity index is 729. The SMILES string of the molecule is CCNC(=NCc1cccc(S(=O)(=O)N2CCCCC2)c1)NCC1CC1.I. The third-order valence-electron chi connectivity index (χ3n) is 4.87. The molecule has 1 saturated heterocycles. The van der Waals surface area contributed by atoms with Gasteiger partial charge < -0.3 is 10.6 Å². The zero-order valence-electron chi connectivity index (χ0n) is 16.0. The fourth-order valence-electron chi connectivity index (χ4n) is 3.13. The van der Waals surface area contributed by atoms with Crippen molar-refractivity contribution in [3.05, 3.63) is 29.8 Å². The molecule has 2 N–H and O–H groups in total. The number of hydrogen-bond acceptors (Lipinski definition) is 3. The lowest BCUT2D eigenvalue weighted by Crippen LogP contribution is -2.38. The smallest absolute Gasteiger partial charge is 0.243 e. The van der Waals surface area contributed by atoms with Crippen LogP contribution in [-0.2, 0) is 16.6 Å². The summed E-state index contributed by atoms with van der Waals surface area (Å²) in [6.07, 6.45) is 5.59. The van der Waals surface area contributed by atoms with E-state index >= 15 is 0 Å². The van der Waals surface area contributed by atoms with Gasteiger partial charge in [-0.2, -0.15) is 4.31 Å². The molecule has 0 spiro atoms. The molecule has 0 aromatic heterocycles. The first-order chi connectivity index (χ1) is 12.6. The second kappa shape index (κ2) is 10.6. The third-order valence-corrected chi connectivity index (χ3v) is 6.76. The molecule has 1 aromatic carbocycles. The number of hydrogen-bond donors (Lipinski definition) is 2. The van der Waals surface area contributed by atoms with Crippen molar-refractivity contribution in [1.82, 2.24) is 14.9 Å². The first-order valence-corrected chi connectivity index (χ1v) is 11.1. The van der Waals surface area contributed by atoms with E-state index in [1.807, 2.05) is 19.1 Å². The molecule has 0 bridgehead atoms. The Morgan fingerprint density at radius 3 is 2.59 bits per heavy atom. The van der Waals surface area contributed by atoms with Crippen LogP contribution >= 0.6 is 24.0 Å². The molecule has 0 radical (unpaired) electrons. The van der Waals surface area contributed by atoms with Crippen LogP contribution in [0.4, 0.5) is 0 Å². The van der Waals surface area contributed by atoms with E-state index in [1.54, 1.807) is 16.4 Å². The fraction of sp³-hybridized carbons (Fsp3) is 0.632. The van der Waals surface area contributed by atoms with Crippen LogP contribution in [0.15, 0.2) is 34.2 Å². The van der Waals surface area contributed by atoms with E-state index in [1.165, 1.54) is 12.8 Å². The summed E-state index contributed by atoms with van der Waals surface area (Å²) >= 11 is 0. The van der Waals surface area contributed by atoms with E-state index < -0.39 is 10.0 Å². The first-order valence-electron chi connectivity index (χ1n) is 9.71. The third kappa shape index (κ3) is 6.60. The molecule has 8 heteroatoms. The molecule has 1 aliphatic carbocycles. The highest BCUT2D eigenvalue weighted by Gasteiger charge is 2.26. The van der Waals surface area contributed by atoms with Crippen molar-refractivity contribution in [2.24, 2.45) is 10.9 Å². The Morgan fingerprint density at radius 1 is 1.19 bits per heavy atom. The Hall–Kier alpha value is -0.870. The summed E-state index contributed by atoms with van der Waals surface area (Å²) in [4.78, 5) is 4.98. The average molecular weight is 506 g/mol. The molecule has 0 atom stereocenters. The van der Waals surface area contributed by atoms with Gasteiger partial charge in [-0.05, 0) is 56.2 Å². The second-order valence-electron chi connectivity index (χ2n) is 7.13. The molecule has 27 heavy (non-hydrogen) atoms. The Balaban J connectivity index is 0.00000261. The number of benzene rings is 1. The summed E-state index contributed by atoms with van der Waals surface area (Å²) < 4.78 is 27.3. The van der Waals surface area contributed by atoms with Crippen molar-refractivity contribution < 1.29 is 8.42 Å². The molecule has 2 aliphatic rings. The molecule has 1 aliphatic heterocycles. The number of nitrogens with one attached hydrogen (secondary N) is 2. The molecule has 152 valence electrons.